The smallest absolute Gasteiger partial charge is 0.111 e. The largest absolute Gasteiger partial charge is 0.394 e. The second kappa shape index (κ2) is 12.3. The van der Waals surface area contributed by atoms with Gasteiger partial charge in [0.05, 0.1) is 25.4 Å². The lowest BCUT2D eigenvalue weighted by Gasteiger charge is -2.39. The second-order valence-corrected chi connectivity index (χ2v) is 8.68. The van der Waals surface area contributed by atoms with E-state index in [1.165, 1.54) is 0 Å². The van der Waals surface area contributed by atoms with Crippen LogP contribution in [0.3, 0.4) is 0 Å². The van der Waals surface area contributed by atoms with Gasteiger partial charge in [0, 0.05) is 0 Å². The molecule has 0 radical (unpaired) electrons. The standard InChI is InChI=1S/C24H34O10/c25-11-17-21(29)23(31)19(27)15(33-17)8-2-6-13-4-1-5-14(10-13)7-3-9-16-20(28)24(32)22(30)18(12-26)34-16/h1-7,10,15-32H,8-9,11-12H2/b6-2+,7-3+/t15-,16-,17+,18+,19-,20-,21-,22-,23+,24+/m0/s1. The maximum absolute atomic E-state index is 10.1. The first-order chi connectivity index (χ1) is 16.3. The summed E-state index contributed by atoms with van der Waals surface area (Å²) >= 11 is 0. The number of aliphatic hydroxyl groups excluding tert-OH is 8. The van der Waals surface area contributed by atoms with E-state index in [0.29, 0.717) is 0 Å². The minimum absolute atomic E-state index is 0.263. The molecule has 8 N–H and O–H groups in total. The van der Waals surface area contributed by atoms with Gasteiger partial charge in [0.2, 0.25) is 0 Å². The second-order valence-electron chi connectivity index (χ2n) is 8.68. The van der Waals surface area contributed by atoms with E-state index in [0.717, 1.165) is 11.1 Å². The van der Waals surface area contributed by atoms with Crippen LogP contribution in [0.5, 0.6) is 0 Å². The van der Waals surface area contributed by atoms with E-state index in [4.69, 9.17) is 9.47 Å². The van der Waals surface area contributed by atoms with Gasteiger partial charge in [-0.2, -0.15) is 0 Å². The zero-order valence-corrected chi connectivity index (χ0v) is 18.6. The molecule has 1 aromatic carbocycles. The van der Waals surface area contributed by atoms with Crippen molar-refractivity contribution in [1.29, 1.82) is 0 Å². The summed E-state index contributed by atoms with van der Waals surface area (Å²) in [5.74, 6) is 0. The van der Waals surface area contributed by atoms with Crippen molar-refractivity contribution in [2.45, 2.75) is 73.9 Å². The van der Waals surface area contributed by atoms with Crippen LogP contribution in [-0.2, 0) is 9.47 Å². The molecule has 10 atom stereocenters. The summed E-state index contributed by atoms with van der Waals surface area (Å²) in [6, 6.07) is 7.49. The van der Waals surface area contributed by atoms with Crippen molar-refractivity contribution in [3.05, 3.63) is 47.5 Å². The van der Waals surface area contributed by atoms with Gasteiger partial charge in [-0.05, 0) is 30.0 Å². The monoisotopic (exact) mass is 482 g/mol. The zero-order valence-electron chi connectivity index (χ0n) is 18.6. The highest BCUT2D eigenvalue weighted by Crippen LogP contribution is 2.25. The number of hydrogen-bond acceptors (Lipinski definition) is 10. The van der Waals surface area contributed by atoms with Crippen LogP contribution >= 0.6 is 0 Å². The van der Waals surface area contributed by atoms with Crippen LogP contribution in [0.4, 0.5) is 0 Å². The van der Waals surface area contributed by atoms with E-state index in [-0.39, 0.29) is 12.8 Å². The fraction of sp³-hybridized carbons (Fsp3) is 0.583. The SMILES string of the molecule is OC[C@H]1O[C@@H](C/C=C/c2cccc(/C=C/C[C@@H]3O[C@H](CO)[C@H](O)[C@H](O)[C@H]3O)c2)[C@H](O)[C@@H](O)[C@H]1O. The molecule has 2 fully saturated rings. The lowest BCUT2D eigenvalue weighted by atomic mass is 9.93. The third-order valence-electron chi connectivity index (χ3n) is 6.25. The Bertz CT molecular complexity index is 762. The Morgan fingerprint density at radius 1 is 0.588 bits per heavy atom. The molecular formula is C24H34O10. The summed E-state index contributed by atoms with van der Waals surface area (Å²) in [4.78, 5) is 0. The van der Waals surface area contributed by atoms with Crippen LogP contribution in [0.1, 0.15) is 24.0 Å². The number of ether oxygens (including phenoxy) is 2. The normalized spacial score (nSPS) is 39.2. The van der Waals surface area contributed by atoms with Crippen LogP contribution in [-0.4, -0.2) is 115 Å². The summed E-state index contributed by atoms with van der Waals surface area (Å²) in [6.45, 7) is -0.939. The molecule has 0 spiro atoms. The Hall–Kier alpha value is -1.70. The van der Waals surface area contributed by atoms with Crippen LogP contribution in [0, 0.1) is 0 Å². The molecule has 2 aliphatic rings. The molecule has 190 valence electrons. The first kappa shape index (κ1) is 26.9. The van der Waals surface area contributed by atoms with Crippen LogP contribution in [0.25, 0.3) is 12.2 Å². The molecule has 2 saturated heterocycles. The van der Waals surface area contributed by atoms with Crippen LogP contribution in [0.15, 0.2) is 36.4 Å². The van der Waals surface area contributed by atoms with E-state index in [1.54, 1.807) is 12.2 Å². The number of rotatable bonds is 8. The Kier molecular flexibility index (Phi) is 9.74. The molecule has 0 amide bonds. The molecule has 10 heteroatoms. The van der Waals surface area contributed by atoms with Crippen molar-refractivity contribution >= 4 is 12.2 Å². The zero-order chi connectivity index (χ0) is 24.8. The third-order valence-corrected chi connectivity index (χ3v) is 6.25. The van der Waals surface area contributed by atoms with E-state index in [2.05, 4.69) is 0 Å². The van der Waals surface area contributed by atoms with Gasteiger partial charge in [0.25, 0.3) is 0 Å². The van der Waals surface area contributed by atoms with Gasteiger partial charge < -0.3 is 50.3 Å². The van der Waals surface area contributed by atoms with Gasteiger partial charge in [-0.1, -0.05) is 42.5 Å². The van der Waals surface area contributed by atoms with Crippen LogP contribution < -0.4 is 0 Å². The molecule has 0 saturated carbocycles. The van der Waals surface area contributed by atoms with E-state index in [9.17, 15) is 40.9 Å². The minimum atomic E-state index is -1.40. The quantitative estimate of drug-likeness (QED) is 0.210. The number of aliphatic hydroxyl groups is 8. The summed E-state index contributed by atoms with van der Waals surface area (Å²) in [7, 11) is 0. The summed E-state index contributed by atoms with van der Waals surface area (Å²) in [5, 5.41) is 78.3. The third kappa shape index (κ3) is 6.29. The Morgan fingerprint density at radius 2 is 0.971 bits per heavy atom. The van der Waals surface area contributed by atoms with E-state index in [1.807, 2.05) is 36.4 Å². The predicted molar refractivity (Wildman–Crippen MR) is 121 cm³/mol. The average Bonchev–Trinajstić information content (AvgIpc) is 2.84. The molecule has 10 nitrogen and oxygen atoms in total. The molecule has 2 aliphatic heterocycles. The minimum Gasteiger partial charge on any atom is -0.394 e. The topological polar surface area (TPSA) is 180 Å². The molecule has 3 rings (SSSR count). The van der Waals surface area contributed by atoms with Crippen molar-refractivity contribution < 1.29 is 50.3 Å². The molecule has 1 aromatic rings. The fourth-order valence-corrected chi connectivity index (χ4v) is 4.19. The first-order valence-electron chi connectivity index (χ1n) is 11.3. The van der Waals surface area contributed by atoms with Crippen LogP contribution in [0.2, 0.25) is 0 Å². The van der Waals surface area contributed by atoms with Gasteiger partial charge in [0.1, 0.15) is 48.8 Å². The molecule has 0 unspecified atom stereocenters. The number of hydrogen-bond donors (Lipinski definition) is 8. The maximum Gasteiger partial charge on any atom is 0.111 e. The highest BCUT2D eigenvalue weighted by molar-refractivity contribution is 5.57. The van der Waals surface area contributed by atoms with E-state index < -0.39 is 74.3 Å². The lowest BCUT2D eigenvalue weighted by molar-refractivity contribution is -0.227. The van der Waals surface area contributed by atoms with Gasteiger partial charge in [-0.25, -0.2) is 0 Å². The molecule has 2 heterocycles. The molecule has 0 aromatic heterocycles. The molecule has 0 aliphatic carbocycles. The van der Waals surface area contributed by atoms with Crippen molar-refractivity contribution in [2.75, 3.05) is 13.2 Å². The van der Waals surface area contributed by atoms with Crippen molar-refractivity contribution in [1.82, 2.24) is 0 Å². The van der Waals surface area contributed by atoms with Crippen molar-refractivity contribution in [2.24, 2.45) is 0 Å². The first-order valence-corrected chi connectivity index (χ1v) is 11.3. The van der Waals surface area contributed by atoms with Gasteiger partial charge in [-0.3, -0.25) is 0 Å². The van der Waals surface area contributed by atoms with Gasteiger partial charge >= 0.3 is 0 Å². The Balaban J connectivity index is 1.56. The summed E-state index contributed by atoms with van der Waals surface area (Å²) in [6.07, 6.45) is -3.85. The van der Waals surface area contributed by atoms with Crippen molar-refractivity contribution in [3.63, 3.8) is 0 Å². The Morgan fingerprint density at radius 3 is 1.35 bits per heavy atom. The molecule has 34 heavy (non-hydrogen) atoms. The highest BCUT2D eigenvalue weighted by Gasteiger charge is 2.43. The van der Waals surface area contributed by atoms with Crippen molar-refractivity contribution in [3.8, 4) is 0 Å². The Labute approximate surface area is 197 Å². The number of benzene rings is 1. The molecule has 0 bridgehead atoms. The fourth-order valence-electron chi connectivity index (χ4n) is 4.19. The van der Waals surface area contributed by atoms with Gasteiger partial charge in [0.15, 0.2) is 0 Å². The highest BCUT2D eigenvalue weighted by atomic mass is 16.5. The lowest BCUT2D eigenvalue weighted by Crippen LogP contribution is -2.58. The summed E-state index contributed by atoms with van der Waals surface area (Å²) < 4.78 is 11.0. The maximum atomic E-state index is 10.1. The molecular weight excluding hydrogens is 448 g/mol. The average molecular weight is 483 g/mol. The van der Waals surface area contributed by atoms with Gasteiger partial charge in [-0.15, -0.1) is 0 Å². The van der Waals surface area contributed by atoms with E-state index >= 15 is 0 Å². The summed E-state index contributed by atoms with van der Waals surface area (Å²) in [5.41, 5.74) is 1.72. The predicted octanol–water partition coefficient (Wildman–Crippen LogP) is -1.82.